The fourth-order valence-electron chi connectivity index (χ4n) is 2.63. The smallest absolute Gasteiger partial charge is 0.414 e. The number of ether oxygens (including phenoxy) is 1. The third kappa shape index (κ3) is 4.00. The molecular formula is C18H19ClN2O4S. The van der Waals surface area contributed by atoms with Gasteiger partial charge in [0, 0.05) is 17.3 Å². The number of aryl methyl sites for hydroxylation is 2. The lowest BCUT2D eigenvalue weighted by atomic mass is 10.1. The number of rotatable bonds is 5. The van der Waals surface area contributed by atoms with Crippen molar-refractivity contribution in [2.45, 2.75) is 24.8 Å². The first kappa shape index (κ1) is 18.7. The van der Waals surface area contributed by atoms with Crippen LogP contribution in [0, 0.1) is 13.8 Å². The van der Waals surface area contributed by atoms with Gasteiger partial charge < -0.3 is 4.74 Å². The average molecular weight is 395 g/mol. The molecule has 1 heterocycles. The highest BCUT2D eigenvalue weighted by atomic mass is 35.5. The molecule has 0 saturated carbocycles. The Labute approximate surface area is 157 Å². The summed E-state index contributed by atoms with van der Waals surface area (Å²) in [5.74, 6) is 0. The summed E-state index contributed by atoms with van der Waals surface area (Å²) in [5, 5.41) is 0.456. The molecule has 1 aliphatic heterocycles. The van der Waals surface area contributed by atoms with Crippen LogP contribution in [-0.4, -0.2) is 33.7 Å². The molecule has 0 spiro atoms. The predicted octanol–water partition coefficient (Wildman–Crippen LogP) is 3.26. The largest absolute Gasteiger partial charge is 0.443 e. The second-order valence-electron chi connectivity index (χ2n) is 6.19. The highest BCUT2D eigenvalue weighted by Crippen LogP contribution is 2.24. The first-order valence-corrected chi connectivity index (χ1v) is 9.93. The number of hydrogen-bond acceptors (Lipinski definition) is 4. The molecule has 6 nitrogen and oxygen atoms in total. The minimum atomic E-state index is -3.69. The topological polar surface area (TPSA) is 75.7 Å². The summed E-state index contributed by atoms with van der Waals surface area (Å²) < 4.78 is 32.4. The molecular weight excluding hydrogens is 376 g/mol. The van der Waals surface area contributed by atoms with Crippen molar-refractivity contribution in [1.82, 2.24) is 4.72 Å². The van der Waals surface area contributed by atoms with Crippen molar-refractivity contribution >= 4 is 33.4 Å². The number of nitrogens with zero attached hydrogens (tertiary/aromatic N) is 1. The molecule has 0 aromatic heterocycles. The summed E-state index contributed by atoms with van der Waals surface area (Å²) in [6, 6.07) is 11.6. The number of amides is 1. The van der Waals surface area contributed by atoms with Crippen LogP contribution in [0.5, 0.6) is 0 Å². The van der Waals surface area contributed by atoms with Gasteiger partial charge in [0.25, 0.3) is 0 Å². The highest BCUT2D eigenvalue weighted by Gasteiger charge is 2.33. The number of benzene rings is 2. The molecule has 1 N–H and O–H groups in total. The normalized spacial score (nSPS) is 17.4. The molecule has 1 unspecified atom stereocenters. The van der Waals surface area contributed by atoms with E-state index < -0.39 is 22.2 Å². The Morgan fingerprint density at radius 3 is 2.50 bits per heavy atom. The average Bonchev–Trinajstić information content (AvgIpc) is 2.97. The molecule has 1 fully saturated rings. The van der Waals surface area contributed by atoms with E-state index in [0.29, 0.717) is 5.02 Å². The van der Waals surface area contributed by atoms with E-state index in [1.807, 2.05) is 32.0 Å². The quantitative estimate of drug-likeness (QED) is 0.844. The monoisotopic (exact) mass is 394 g/mol. The molecule has 2 aromatic rings. The molecule has 1 aliphatic rings. The van der Waals surface area contributed by atoms with Gasteiger partial charge in [0.05, 0.1) is 11.4 Å². The molecule has 138 valence electrons. The fourth-order valence-corrected chi connectivity index (χ4v) is 3.82. The Bertz CT molecular complexity index is 929. The van der Waals surface area contributed by atoms with Crippen LogP contribution in [0.3, 0.4) is 0 Å². The first-order valence-electron chi connectivity index (χ1n) is 8.07. The lowest BCUT2D eigenvalue weighted by molar-refractivity contribution is 0.143. The van der Waals surface area contributed by atoms with Crippen molar-refractivity contribution in [3.63, 3.8) is 0 Å². The molecule has 3 rings (SSSR count). The molecule has 0 radical (unpaired) electrons. The lowest BCUT2D eigenvalue weighted by Gasteiger charge is -2.14. The van der Waals surface area contributed by atoms with Crippen LogP contribution in [0.15, 0.2) is 47.4 Å². The van der Waals surface area contributed by atoms with Crippen molar-refractivity contribution < 1.29 is 17.9 Å². The van der Waals surface area contributed by atoms with E-state index in [0.717, 1.165) is 16.8 Å². The van der Waals surface area contributed by atoms with E-state index in [4.69, 9.17) is 16.3 Å². The maximum atomic E-state index is 12.3. The number of halogens is 1. The third-order valence-electron chi connectivity index (χ3n) is 4.30. The lowest BCUT2D eigenvalue weighted by Crippen LogP contribution is -2.34. The van der Waals surface area contributed by atoms with Gasteiger partial charge in [0.2, 0.25) is 10.0 Å². The predicted molar refractivity (Wildman–Crippen MR) is 100 cm³/mol. The van der Waals surface area contributed by atoms with Crippen molar-refractivity contribution in [1.29, 1.82) is 0 Å². The van der Waals surface area contributed by atoms with Gasteiger partial charge in [-0.15, -0.1) is 0 Å². The number of cyclic esters (lactones) is 1. The van der Waals surface area contributed by atoms with Crippen LogP contribution in [0.25, 0.3) is 0 Å². The third-order valence-corrected chi connectivity index (χ3v) is 5.99. The zero-order chi connectivity index (χ0) is 18.9. The van der Waals surface area contributed by atoms with E-state index in [-0.39, 0.29) is 18.0 Å². The molecule has 1 atom stereocenters. The SMILES string of the molecule is Cc1ccc(N2CC(CNS(=O)(=O)c3ccc(Cl)cc3)OC2=O)cc1C. The summed E-state index contributed by atoms with van der Waals surface area (Å²) >= 11 is 5.78. The Hall–Kier alpha value is -2.09. The summed E-state index contributed by atoms with van der Waals surface area (Å²) in [7, 11) is -3.69. The molecule has 2 aromatic carbocycles. The zero-order valence-corrected chi connectivity index (χ0v) is 16.0. The Morgan fingerprint density at radius 1 is 1.15 bits per heavy atom. The van der Waals surface area contributed by atoms with Gasteiger partial charge >= 0.3 is 6.09 Å². The van der Waals surface area contributed by atoms with Crippen molar-refractivity contribution in [2.75, 3.05) is 18.0 Å². The number of carbonyl (C=O) groups is 1. The van der Waals surface area contributed by atoms with Crippen LogP contribution >= 0.6 is 11.6 Å². The Morgan fingerprint density at radius 2 is 1.85 bits per heavy atom. The van der Waals surface area contributed by atoms with E-state index in [1.165, 1.54) is 29.2 Å². The molecule has 0 bridgehead atoms. The number of anilines is 1. The zero-order valence-electron chi connectivity index (χ0n) is 14.4. The number of nitrogens with one attached hydrogen (secondary N) is 1. The molecule has 1 amide bonds. The van der Waals surface area contributed by atoms with Gasteiger partial charge in [0.15, 0.2) is 0 Å². The first-order chi connectivity index (χ1) is 12.3. The summed E-state index contributed by atoms with van der Waals surface area (Å²) in [6.45, 7) is 4.25. The van der Waals surface area contributed by atoms with Gasteiger partial charge in [0.1, 0.15) is 6.10 Å². The summed E-state index contributed by atoms with van der Waals surface area (Å²) in [6.07, 6.45) is -1.05. The van der Waals surface area contributed by atoms with E-state index in [1.54, 1.807) is 0 Å². The van der Waals surface area contributed by atoms with Gasteiger partial charge in [-0.3, -0.25) is 4.90 Å². The number of hydrogen-bond donors (Lipinski definition) is 1. The van der Waals surface area contributed by atoms with Crippen LogP contribution in [-0.2, 0) is 14.8 Å². The van der Waals surface area contributed by atoms with Gasteiger partial charge in [-0.2, -0.15) is 0 Å². The van der Waals surface area contributed by atoms with Crippen LogP contribution in [0.1, 0.15) is 11.1 Å². The van der Waals surface area contributed by atoms with Gasteiger partial charge in [-0.05, 0) is 61.4 Å². The molecule has 0 aliphatic carbocycles. The summed E-state index contributed by atoms with van der Waals surface area (Å²) in [4.78, 5) is 13.7. The van der Waals surface area contributed by atoms with Gasteiger partial charge in [-0.25, -0.2) is 17.9 Å². The second kappa shape index (κ2) is 7.26. The fraction of sp³-hybridized carbons (Fsp3) is 0.278. The minimum absolute atomic E-state index is 0.00194. The van der Waals surface area contributed by atoms with Crippen LogP contribution < -0.4 is 9.62 Å². The summed E-state index contributed by atoms with van der Waals surface area (Å²) in [5.41, 5.74) is 2.94. The van der Waals surface area contributed by atoms with Crippen LogP contribution in [0.2, 0.25) is 5.02 Å². The van der Waals surface area contributed by atoms with Crippen molar-refractivity contribution in [3.8, 4) is 0 Å². The number of carbonyl (C=O) groups excluding carboxylic acids is 1. The number of sulfonamides is 1. The van der Waals surface area contributed by atoms with Crippen LogP contribution in [0.4, 0.5) is 10.5 Å². The Balaban J connectivity index is 1.65. The molecule has 1 saturated heterocycles. The van der Waals surface area contributed by atoms with Crippen molar-refractivity contribution in [3.05, 3.63) is 58.6 Å². The highest BCUT2D eigenvalue weighted by molar-refractivity contribution is 7.89. The maximum Gasteiger partial charge on any atom is 0.414 e. The standard InChI is InChI=1S/C18H19ClN2O4S/c1-12-3-6-15(9-13(12)2)21-11-16(25-18(21)22)10-20-26(23,24)17-7-4-14(19)5-8-17/h3-9,16,20H,10-11H2,1-2H3. The molecule has 8 heteroatoms. The van der Waals surface area contributed by atoms with E-state index >= 15 is 0 Å². The minimum Gasteiger partial charge on any atom is -0.443 e. The molecule has 26 heavy (non-hydrogen) atoms. The van der Waals surface area contributed by atoms with Crippen molar-refractivity contribution in [2.24, 2.45) is 0 Å². The second-order valence-corrected chi connectivity index (χ2v) is 8.39. The van der Waals surface area contributed by atoms with E-state index in [2.05, 4.69) is 4.72 Å². The van der Waals surface area contributed by atoms with E-state index in [9.17, 15) is 13.2 Å². The van der Waals surface area contributed by atoms with Gasteiger partial charge in [-0.1, -0.05) is 17.7 Å². The Kier molecular flexibility index (Phi) is 5.22. The maximum absolute atomic E-state index is 12.3.